The second-order valence-electron chi connectivity index (χ2n) is 4.75. The highest BCUT2D eigenvalue weighted by Gasteiger charge is 2.26. The summed E-state index contributed by atoms with van der Waals surface area (Å²) in [5.74, 6) is -0.508. The molecule has 0 aliphatic carbocycles. The van der Waals surface area contributed by atoms with Crippen molar-refractivity contribution in [2.24, 2.45) is 0 Å². The molecular weight excluding hydrogens is 285 g/mol. The van der Waals surface area contributed by atoms with Gasteiger partial charge in [-0.2, -0.15) is 0 Å². The van der Waals surface area contributed by atoms with E-state index in [1.54, 1.807) is 6.92 Å². The number of halogens is 2. The molecule has 94 valence electrons. The summed E-state index contributed by atoms with van der Waals surface area (Å²) in [6, 6.07) is 4.17. The number of benzene rings is 1. The van der Waals surface area contributed by atoms with Crippen molar-refractivity contribution in [3.63, 3.8) is 0 Å². The van der Waals surface area contributed by atoms with Crippen molar-refractivity contribution in [3.05, 3.63) is 35.1 Å². The molecule has 0 aromatic heterocycles. The van der Waals surface area contributed by atoms with Crippen LogP contribution in [0, 0.1) is 12.7 Å². The standard InChI is InChI=1S/C13H17BrFNO/c1-8-7-10(15)5-6-11(8)12(17)16-13(3,4)9(2)14/h5-7,9H,1-4H3,(H,16,17). The van der Waals surface area contributed by atoms with Gasteiger partial charge in [0, 0.05) is 15.9 Å². The smallest absolute Gasteiger partial charge is 0.251 e. The quantitative estimate of drug-likeness (QED) is 0.852. The maximum atomic E-state index is 12.9. The highest BCUT2D eigenvalue weighted by atomic mass is 79.9. The van der Waals surface area contributed by atoms with E-state index < -0.39 is 0 Å². The van der Waals surface area contributed by atoms with Gasteiger partial charge in [0.1, 0.15) is 5.82 Å². The summed E-state index contributed by atoms with van der Waals surface area (Å²) in [4.78, 5) is 12.2. The number of hydrogen-bond acceptors (Lipinski definition) is 1. The highest BCUT2D eigenvalue weighted by Crippen LogP contribution is 2.18. The molecule has 0 spiro atoms. The van der Waals surface area contributed by atoms with Crippen LogP contribution in [-0.2, 0) is 0 Å². The second-order valence-corrected chi connectivity index (χ2v) is 6.12. The van der Waals surface area contributed by atoms with Gasteiger partial charge < -0.3 is 5.32 Å². The summed E-state index contributed by atoms with van der Waals surface area (Å²) in [6.45, 7) is 7.56. The monoisotopic (exact) mass is 301 g/mol. The average Bonchev–Trinajstić information content (AvgIpc) is 2.15. The van der Waals surface area contributed by atoms with Crippen LogP contribution in [0.15, 0.2) is 18.2 Å². The third-order valence-corrected chi connectivity index (χ3v) is 4.01. The number of carbonyl (C=O) groups excluding carboxylic acids is 1. The van der Waals surface area contributed by atoms with Crippen LogP contribution in [0.4, 0.5) is 4.39 Å². The fourth-order valence-electron chi connectivity index (χ4n) is 1.34. The number of amides is 1. The van der Waals surface area contributed by atoms with E-state index >= 15 is 0 Å². The van der Waals surface area contributed by atoms with Gasteiger partial charge in [-0.3, -0.25) is 4.79 Å². The van der Waals surface area contributed by atoms with Crippen LogP contribution in [0.25, 0.3) is 0 Å². The fraction of sp³-hybridized carbons (Fsp3) is 0.462. The topological polar surface area (TPSA) is 29.1 Å². The van der Waals surface area contributed by atoms with E-state index in [9.17, 15) is 9.18 Å². The van der Waals surface area contributed by atoms with Crippen LogP contribution in [0.1, 0.15) is 36.7 Å². The molecule has 1 N–H and O–H groups in total. The van der Waals surface area contributed by atoms with Crippen LogP contribution >= 0.6 is 15.9 Å². The molecule has 0 aliphatic rings. The molecule has 0 aliphatic heterocycles. The van der Waals surface area contributed by atoms with Crippen LogP contribution in [0.2, 0.25) is 0 Å². The first kappa shape index (κ1) is 14.2. The van der Waals surface area contributed by atoms with Crippen molar-refractivity contribution in [3.8, 4) is 0 Å². The SMILES string of the molecule is Cc1cc(F)ccc1C(=O)NC(C)(C)C(C)Br. The zero-order valence-electron chi connectivity index (χ0n) is 10.5. The predicted molar refractivity (Wildman–Crippen MR) is 71.1 cm³/mol. The highest BCUT2D eigenvalue weighted by molar-refractivity contribution is 9.09. The van der Waals surface area contributed by atoms with Gasteiger partial charge in [-0.25, -0.2) is 4.39 Å². The van der Waals surface area contributed by atoms with Gasteiger partial charge in [-0.15, -0.1) is 0 Å². The van der Waals surface area contributed by atoms with E-state index in [1.807, 2.05) is 20.8 Å². The third-order valence-electron chi connectivity index (χ3n) is 2.86. The third kappa shape index (κ3) is 3.53. The molecule has 0 heterocycles. The normalized spacial score (nSPS) is 13.3. The predicted octanol–water partition coefficient (Wildman–Crippen LogP) is 3.43. The molecule has 1 unspecified atom stereocenters. The molecule has 0 fully saturated rings. The van der Waals surface area contributed by atoms with E-state index in [-0.39, 0.29) is 22.1 Å². The summed E-state index contributed by atoms with van der Waals surface area (Å²) in [5.41, 5.74) is 0.783. The Labute approximate surface area is 110 Å². The summed E-state index contributed by atoms with van der Waals surface area (Å²) in [7, 11) is 0. The van der Waals surface area contributed by atoms with Crippen LogP contribution in [0.3, 0.4) is 0 Å². The Morgan fingerprint density at radius 1 is 1.47 bits per heavy atom. The van der Waals surface area contributed by atoms with Crippen LogP contribution in [-0.4, -0.2) is 16.3 Å². The number of nitrogens with one attached hydrogen (secondary N) is 1. The molecule has 2 nitrogen and oxygen atoms in total. The molecule has 0 bridgehead atoms. The lowest BCUT2D eigenvalue weighted by Gasteiger charge is -2.29. The van der Waals surface area contributed by atoms with E-state index in [0.717, 1.165) is 0 Å². The molecule has 1 rings (SSSR count). The lowest BCUT2D eigenvalue weighted by Crippen LogP contribution is -2.49. The number of carbonyl (C=O) groups is 1. The lowest BCUT2D eigenvalue weighted by atomic mass is 10.00. The van der Waals surface area contributed by atoms with Crippen molar-refractivity contribution in [2.75, 3.05) is 0 Å². The van der Waals surface area contributed by atoms with Gasteiger partial charge in [0.2, 0.25) is 0 Å². The number of aryl methyl sites for hydroxylation is 1. The van der Waals surface area contributed by atoms with Crippen molar-refractivity contribution in [1.29, 1.82) is 0 Å². The van der Waals surface area contributed by atoms with Crippen molar-refractivity contribution in [1.82, 2.24) is 5.32 Å². The van der Waals surface area contributed by atoms with Gasteiger partial charge in [0.15, 0.2) is 0 Å². The van der Waals surface area contributed by atoms with Crippen molar-refractivity contribution < 1.29 is 9.18 Å². The Balaban J connectivity index is 2.91. The first-order valence-electron chi connectivity index (χ1n) is 5.47. The van der Waals surface area contributed by atoms with Crippen molar-refractivity contribution in [2.45, 2.75) is 38.1 Å². The number of alkyl halides is 1. The van der Waals surface area contributed by atoms with Crippen LogP contribution in [0.5, 0.6) is 0 Å². The first-order chi connectivity index (χ1) is 7.74. The average molecular weight is 302 g/mol. The minimum Gasteiger partial charge on any atom is -0.346 e. The van der Waals surface area contributed by atoms with Gasteiger partial charge in [-0.1, -0.05) is 22.9 Å². The molecule has 0 saturated heterocycles. The van der Waals surface area contributed by atoms with Gasteiger partial charge >= 0.3 is 0 Å². The minimum absolute atomic E-state index is 0.139. The molecule has 17 heavy (non-hydrogen) atoms. The zero-order chi connectivity index (χ0) is 13.2. The zero-order valence-corrected chi connectivity index (χ0v) is 12.1. The molecule has 1 aromatic carbocycles. The lowest BCUT2D eigenvalue weighted by molar-refractivity contribution is 0.0913. The van der Waals surface area contributed by atoms with Gasteiger partial charge in [0.05, 0.1) is 0 Å². The molecular formula is C13H17BrFNO. The largest absolute Gasteiger partial charge is 0.346 e. The molecule has 1 amide bonds. The van der Waals surface area contributed by atoms with E-state index in [4.69, 9.17) is 0 Å². The maximum Gasteiger partial charge on any atom is 0.251 e. The molecule has 4 heteroatoms. The van der Waals surface area contributed by atoms with E-state index in [2.05, 4.69) is 21.2 Å². The maximum absolute atomic E-state index is 12.9. The van der Waals surface area contributed by atoms with Gasteiger partial charge in [0.25, 0.3) is 5.91 Å². The summed E-state index contributed by atoms with van der Waals surface area (Å²) in [5, 5.41) is 2.92. The molecule has 1 atom stereocenters. The van der Waals surface area contributed by atoms with E-state index in [0.29, 0.717) is 11.1 Å². The first-order valence-corrected chi connectivity index (χ1v) is 6.38. The Kier molecular flexibility index (Phi) is 4.31. The van der Waals surface area contributed by atoms with Crippen molar-refractivity contribution >= 4 is 21.8 Å². The molecule has 0 saturated carbocycles. The molecule has 0 radical (unpaired) electrons. The Hall–Kier alpha value is -0.900. The number of rotatable bonds is 3. The van der Waals surface area contributed by atoms with E-state index in [1.165, 1.54) is 18.2 Å². The van der Waals surface area contributed by atoms with Crippen LogP contribution < -0.4 is 5.32 Å². The Bertz CT molecular complexity index is 429. The Morgan fingerprint density at radius 2 is 2.06 bits per heavy atom. The minimum atomic E-state index is -0.363. The summed E-state index contributed by atoms with van der Waals surface area (Å²) >= 11 is 3.45. The molecule has 1 aromatic rings. The summed E-state index contributed by atoms with van der Waals surface area (Å²) < 4.78 is 12.9. The number of hydrogen-bond donors (Lipinski definition) is 1. The fourth-order valence-corrected chi connectivity index (χ4v) is 1.46. The second kappa shape index (κ2) is 5.17. The van der Waals surface area contributed by atoms with Gasteiger partial charge in [-0.05, 0) is 44.5 Å². The summed E-state index contributed by atoms with van der Waals surface area (Å²) in [6.07, 6.45) is 0. The Morgan fingerprint density at radius 3 is 2.53 bits per heavy atom.